The molecule has 1 atom stereocenters. The Hall–Kier alpha value is -1.02. The van der Waals surface area contributed by atoms with Crippen LogP contribution in [0.1, 0.15) is 24.5 Å². The van der Waals surface area contributed by atoms with Crippen LogP contribution in [0.15, 0.2) is 18.2 Å². The van der Waals surface area contributed by atoms with Gasteiger partial charge in [-0.15, -0.1) is 0 Å². The van der Waals surface area contributed by atoms with Crippen molar-refractivity contribution in [2.24, 2.45) is 0 Å². The Balaban J connectivity index is 2.27. The number of nitrogens with one attached hydrogen (secondary N) is 1. The summed E-state index contributed by atoms with van der Waals surface area (Å²) in [6.45, 7) is 9.99. The van der Waals surface area contributed by atoms with Gasteiger partial charge in [-0.3, -0.25) is 0 Å². The topological polar surface area (TPSA) is 15.3 Å². The third kappa shape index (κ3) is 2.22. The molecule has 1 aliphatic rings. The Bertz CT molecular complexity index is 360. The zero-order chi connectivity index (χ0) is 11.5. The van der Waals surface area contributed by atoms with Crippen LogP contribution in [0.25, 0.3) is 0 Å². The van der Waals surface area contributed by atoms with Gasteiger partial charge in [0.1, 0.15) is 0 Å². The fourth-order valence-corrected chi connectivity index (χ4v) is 2.57. The van der Waals surface area contributed by atoms with Gasteiger partial charge in [0, 0.05) is 31.4 Å². The smallest absolute Gasteiger partial charge is 0.0412 e. The number of anilines is 1. The minimum absolute atomic E-state index is 0.648. The fraction of sp³-hybridized carbons (Fsp3) is 0.571. The van der Waals surface area contributed by atoms with Crippen molar-refractivity contribution in [2.75, 3.05) is 24.5 Å². The highest BCUT2D eigenvalue weighted by atomic mass is 15.2. The second kappa shape index (κ2) is 4.88. The first-order valence-corrected chi connectivity index (χ1v) is 6.27. The van der Waals surface area contributed by atoms with Crippen molar-refractivity contribution >= 4 is 5.69 Å². The maximum atomic E-state index is 3.47. The molecule has 1 fully saturated rings. The van der Waals surface area contributed by atoms with Crippen LogP contribution in [0.3, 0.4) is 0 Å². The lowest BCUT2D eigenvalue weighted by molar-refractivity contribution is 0.466. The van der Waals surface area contributed by atoms with Crippen molar-refractivity contribution in [3.8, 4) is 0 Å². The maximum Gasteiger partial charge on any atom is 0.0412 e. The van der Waals surface area contributed by atoms with Crippen molar-refractivity contribution < 1.29 is 0 Å². The quantitative estimate of drug-likeness (QED) is 0.820. The molecule has 1 heterocycles. The number of hydrogen-bond donors (Lipinski definition) is 1. The van der Waals surface area contributed by atoms with Crippen LogP contribution in [0.4, 0.5) is 5.69 Å². The zero-order valence-electron chi connectivity index (χ0n) is 10.6. The van der Waals surface area contributed by atoms with Crippen LogP contribution < -0.4 is 10.2 Å². The largest absolute Gasteiger partial charge is 0.366 e. The third-order valence-corrected chi connectivity index (χ3v) is 3.48. The van der Waals surface area contributed by atoms with Crippen molar-refractivity contribution in [3.63, 3.8) is 0 Å². The molecular formula is C14H22N2. The molecule has 0 aliphatic carbocycles. The molecule has 1 unspecified atom stereocenters. The van der Waals surface area contributed by atoms with Gasteiger partial charge in [0.2, 0.25) is 0 Å². The highest BCUT2D eigenvalue weighted by molar-refractivity contribution is 5.55. The van der Waals surface area contributed by atoms with Crippen LogP contribution in [0.5, 0.6) is 0 Å². The molecular weight excluding hydrogens is 196 g/mol. The van der Waals surface area contributed by atoms with Crippen molar-refractivity contribution in [3.05, 3.63) is 29.3 Å². The zero-order valence-corrected chi connectivity index (χ0v) is 10.6. The van der Waals surface area contributed by atoms with E-state index in [1.54, 1.807) is 0 Å². The van der Waals surface area contributed by atoms with Gasteiger partial charge >= 0.3 is 0 Å². The summed E-state index contributed by atoms with van der Waals surface area (Å²) in [4.78, 5) is 2.56. The van der Waals surface area contributed by atoms with E-state index in [9.17, 15) is 0 Å². The van der Waals surface area contributed by atoms with E-state index in [1.807, 2.05) is 0 Å². The first-order chi connectivity index (χ1) is 7.72. The van der Waals surface area contributed by atoms with E-state index in [4.69, 9.17) is 0 Å². The summed E-state index contributed by atoms with van der Waals surface area (Å²) in [7, 11) is 0. The summed E-state index contributed by atoms with van der Waals surface area (Å²) in [5, 5.41) is 3.47. The molecule has 0 aromatic heterocycles. The van der Waals surface area contributed by atoms with Crippen molar-refractivity contribution in [2.45, 2.75) is 33.2 Å². The molecule has 2 nitrogen and oxygen atoms in total. The lowest BCUT2D eigenvalue weighted by Gasteiger charge is -2.38. The number of nitrogens with zero attached hydrogens (tertiary/aromatic N) is 1. The Morgan fingerprint density at radius 3 is 2.88 bits per heavy atom. The van der Waals surface area contributed by atoms with Gasteiger partial charge in [0.15, 0.2) is 0 Å². The van der Waals surface area contributed by atoms with Gasteiger partial charge < -0.3 is 10.2 Å². The molecule has 88 valence electrons. The molecule has 0 amide bonds. The Morgan fingerprint density at radius 1 is 1.38 bits per heavy atom. The molecule has 2 heteroatoms. The van der Waals surface area contributed by atoms with Crippen LogP contribution >= 0.6 is 0 Å². The summed E-state index contributed by atoms with van der Waals surface area (Å²) < 4.78 is 0. The summed E-state index contributed by atoms with van der Waals surface area (Å²) in [5.74, 6) is 0. The lowest BCUT2D eigenvalue weighted by Crippen LogP contribution is -2.51. The minimum Gasteiger partial charge on any atom is -0.366 e. The van der Waals surface area contributed by atoms with Crippen LogP contribution in [0, 0.1) is 13.8 Å². The molecule has 2 rings (SSSR count). The van der Waals surface area contributed by atoms with E-state index in [0.717, 1.165) is 19.6 Å². The maximum absolute atomic E-state index is 3.47. The van der Waals surface area contributed by atoms with Gasteiger partial charge in [-0.1, -0.05) is 24.6 Å². The van der Waals surface area contributed by atoms with Gasteiger partial charge in [-0.2, -0.15) is 0 Å². The molecule has 0 bridgehead atoms. The Kier molecular flexibility index (Phi) is 3.49. The van der Waals surface area contributed by atoms with Gasteiger partial charge in [0.05, 0.1) is 0 Å². The molecule has 0 radical (unpaired) electrons. The number of rotatable bonds is 2. The Morgan fingerprint density at radius 2 is 2.19 bits per heavy atom. The van der Waals surface area contributed by atoms with Gasteiger partial charge in [-0.25, -0.2) is 0 Å². The number of hydrogen-bond acceptors (Lipinski definition) is 2. The molecule has 16 heavy (non-hydrogen) atoms. The molecule has 0 spiro atoms. The molecule has 1 aliphatic heterocycles. The van der Waals surface area contributed by atoms with E-state index in [2.05, 4.69) is 49.2 Å². The van der Waals surface area contributed by atoms with E-state index in [-0.39, 0.29) is 0 Å². The van der Waals surface area contributed by atoms with Crippen LogP contribution in [-0.4, -0.2) is 25.7 Å². The molecule has 1 aromatic rings. The van der Waals surface area contributed by atoms with E-state index in [0.29, 0.717) is 6.04 Å². The Labute approximate surface area is 98.7 Å². The average molecular weight is 218 g/mol. The summed E-state index contributed by atoms with van der Waals surface area (Å²) in [5.41, 5.74) is 4.17. The lowest BCUT2D eigenvalue weighted by atomic mass is 10.1. The fourth-order valence-electron chi connectivity index (χ4n) is 2.57. The number of piperazine rings is 1. The van der Waals surface area contributed by atoms with Crippen molar-refractivity contribution in [1.82, 2.24) is 5.32 Å². The predicted molar refractivity (Wildman–Crippen MR) is 70.2 cm³/mol. The predicted octanol–water partition coefficient (Wildman–Crippen LogP) is 2.49. The van der Waals surface area contributed by atoms with Crippen LogP contribution in [0.2, 0.25) is 0 Å². The van der Waals surface area contributed by atoms with Gasteiger partial charge in [0.25, 0.3) is 0 Å². The minimum atomic E-state index is 0.648. The van der Waals surface area contributed by atoms with E-state index < -0.39 is 0 Å². The first kappa shape index (κ1) is 11.5. The van der Waals surface area contributed by atoms with Crippen molar-refractivity contribution in [1.29, 1.82) is 0 Å². The third-order valence-electron chi connectivity index (χ3n) is 3.48. The van der Waals surface area contributed by atoms with E-state index >= 15 is 0 Å². The first-order valence-electron chi connectivity index (χ1n) is 6.27. The molecule has 1 aromatic carbocycles. The highest BCUT2D eigenvalue weighted by Crippen LogP contribution is 2.24. The average Bonchev–Trinajstić information content (AvgIpc) is 2.29. The second-order valence-corrected chi connectivity index (χ2v) is 4.75. The molecule has 1 N–H and O–H groups in total. The highest BCUT2D eigenvalue weighted by Gasteiger charge is 2.21. The van der Waals surface area contributed by atoms with E-state index in [1.165, 1.54) is 23.2 Å². The summed E-state index contributed by atoms with van der Waals surface area (Å²) in [6.07, 6.45) is 1.21. The molecule has 1 saturated heterocycles. The summed E-state index contributed by atoms with van der Waals surface area (Å²) >= 11 is 0. The standard InChI is InChI=1S/C14H22N2/c1-4-13-10-15-7-8-16(13)14-6-5-11(2)9-12(14)3/h5-6,9,13,15H,4,7-8,10H2,1-3H3. The number of benzene rings is 1. The monoisotopic (exact) mass is 218 g/mol. The van der Waals surface area contributed by atoms with Gasteiger partial charge in [-0.05, 0) is 31.9 Å². The molecule has 0 saturated carbocycles. The normalized spacial score (nSPS) is 21.2. The second-order valence-electron chi connectivity index (χ2n) is 4.75. The summed E-state index contributed by atoms with van der Waals surface area (Å²) in [6, 6.07) is 7.43. The number of aryl methyl sites for hydroxylation is 2. The SMILES string of the molecule is CCC1CNCCN1c1ccc(C)cc1C. The van der Waals surface area contributed by atoms with Crippen LogP contribution in [-0.2, 0) is 0 Å².